The maximum Gasteiger partial charge on any atom is 0.225 e. The molecule has 0 bridgehead atoms. The van der Waals surface area contributed by atoms with E-state index in [-0.39, 0.29) is 25.5 Å². The van der Waals surface area contributed by atoms with E-state index < -0.39 is 0 Å². The number of thiol groups is 1. The standard InChI is InChI=1S/C21H35NO7S/c1-3-8-24-13-16-27-11-6-22(7-12-28-17-14-25-9-4-2)21(23)5-10-26-15-18-29-19-20-30/h1-2,30H,5-20H2. The molecule has 0 saturated heterocycles. The van der Waals surface area contributed by atoms with Gasteiger partial charge in [-0.05, 0) is 0 Å². The van der Waals surface area contributed by atoms with Gasteiger partial charge in [-0.3, -0.25) is 4.79 Å². The van der Waals surface area contributed by atoms with Gasteiger partial charge in [-0.15, -0.1) is 12.8 Å². The average Bonchev–Trinajstić information content (AvgIpc) is 2.75. The zero-order valence-corrected chi connectivity index (χ0v) is 18.6. The molecule has 30 heavy (non-hydrogen) atoms. The van der Waals surface area contributed by atoms with Crippen molar-refractivity contribution in [3.8, 4) is 24.7 Å². The summed E-state index contributed by atoms with van der Waals surface area (Å²) in [7, 11) is 0. The number of ether oxygens (including phenoxy) is 6. The molecule has 0 aliphatic carbocycles. The number of amides is 1. The van der Waals surface area contributed by atoms with Crippen LogP contribution in [0.4, 0.5) is 0 Å². The minimum Gasteiger partial charge on any atom is -0.379 e. The Morgan fingerprint density at radius 3 is 1.57 bits per heavy atom. The lowest BCUT2D eigenvalue weighted by Gasteiger charge is -2.23. The van der Waals surface area contributed by atoms with Gasteiger partial charge in [0.15, 0.2) is 0 Å². The predicted octanol–water partition coefficient (Wildman–Crippen LogP) is 0.501. The molecule has 0 atom stereocenters. The van der Waals surface area contributed by atoms with Gasteiger partial charge in [0.05, 0.1) is 72.5 Å². The molecule has 0 spiro atoms. The molecule has 0 heterocycles. The van der Waals surface area contributed by atoms with Crippen LogP contribution in [0.1, 0.15) is 6.42 Å². The fourth-order valence-electron chi connectivity index (χ4n) is 2.12. The quantitative estimate of drug-likeness (QED) is 0.148. The van der Waals surface area contributed by atoms with E-state index in [1.54, 1.807) is 4.90 Å². The molecule has 0 unspecified atom stereocenters. The van der Waals surface area contributed by atoms with Gasteiger partial charge < -0.3 is 33.3 Å². The van der Waals surface area contributed by atoms with Crippen LogP contribution < -0.4 is 0 Å². The summed E-state index contributed by atoms with van der Waals surface area (Å²) in [5.41, 5.74) is 0. The van der Waals surface area contributed by atoms with Gasteiger partial charge in [0.1, 0.15) is 13.2 Å². The third-order valence-corrected chi connectivity index (χ3v) is 3.73. The first-order valence-corrected chi connectivity index (χ1v) is 10.6. The minimum atomic E-state index is -0.0226. The lowest BCUT2D eigenvalue weighted by atomic mass is 10.3. The van der Waals surface area contributed by atoms with Gasteiger partial charge >= 0.3 is 0 Å². The number of nitrogens with zero attached hydrogens (tertiary/aromatic N) is 1. The molecular weight excluding hydrogens is 410 g/mol. The Bertz CT molecular complexity index is 451. The van der Waals surface area contributed by atoms with Gasteiger partial charge in [0.2, 0.25) is 5.91 Å². The van der Waals surface area contributed by atoms with Crippen LogP contribution in [-0.4, -0.2) is 109 Å². The maximum atomic E-state index is 12.5. The summed E-state index contributed by atoms with van der Waals surface area (Å²) in [6, 6.07) is 0. The van der Waals surface area contributed by atoms with E-state index in [1.165, 1.54) is 0 Å². The summed E-state index contributed by atoms with van der Waals surface area (Å²) in [5, 5.41) is 0. The van der Waals surface area contributed by atoms with Crippen LogP contribution in [0.5, 0.6) is 0 Å². The summed E-state index contributed by atoms with van der Waals surface area (Å²) in [6.45, 7) is 5.75. The second-order valence-corrected chi connectivity index (χ2v) is 6.26. The van der Waals surface area contributed by atoms with Gasteiger partial charge in [-0.2, -0.15) is 12.6 Å². The summed E-state index contributed by atoms with van der Waals surface area (Å²) >= 11 is 4.06. The summed E-state index contributed by atoms with van der Waals surface area (Å²) < 4.78 is 32.0. The highest BCUT2D eigenvalue weighted by Crippen LogP contribution is 1.97. The Hall–Kier alpha value is -1.30. The Labute approximate surface area is 186 Å². The van der Waals surface area contributed by atoms with E-state index in [0.717, 1.165) is 0 Å². The molecule has 0 N–H and O–H groups in total. The molecule has 8 nitrogen and oxygen atoms in total. The van der Waals surface area contributed by atoms with Crippen LogP contribution in [0.25, 0.3) is 0 Å². The lowest BCUT2D eigenvalue weighted by molar-refractivity contribution is -0.134. The molecule has 0 aromatic carbocycles. The fourth-order valence-corrected chi connectivity index (χ4v) is 2.25. The summed E-state index contributed by atoms with van der Waals surface area (Å²) in [6.07, 6.45) is 10.5. The SMILES string of the molecule is C#CCOCCOCCN(CCOCCOCC#C)C(=O)CCOCCOCCS. The average molecular weight is 446 g/mol. The molecule has 172 valence electrons. The van der Waals surface area contributed by atoms with E-state index in [4.69, 9.17) is 41.3 Å². The monoisotopic (exact) mass is 445 g/mol. The number of terminal acetylenes is 2. The fraction of sp³-hybridized carbons (Fsp3) is 0.762. The van der Waals surface area contributed by atoms with Crippen LogP contribution in [0, 0.1) is 24.7 Å². The van der Waals surface area contributed by atoms with Gasteiger partial charge in [0, 0.05) is 18.8 Å². The lowest BCUT2D eigenvalue weighted by Crippen LogP contribution is -2.37. The predicted molar refractivity (Wildman–Crippen MR) is 118 cm³/mol. The van der Waals surface area contributed by atoms with Gasteiger partial charge in [-0.1, -0.05) is 11.8 Å². The van der Waals surface area contributed by atoms with Gasteiger partial charge in [-0.25, -0.2) is 0 Å². The zero-order valence-electron chi connectivity index (χ0n) is 17.7. The van der Waals surface area contributed by atoms with E-state index >= 15 is 0 Å². The first-order valence-electron chi connectivity index (χ1n) is 9.98. The van der Waals surface area contributed by atoms with Crippen LogP contribution >= 0.6 is 12.6 Å². The van der Waals surface area contributed by atoms with Crippen molar-refractivity contribution >= 4 is 18.5 Å². The molecule has 0 aliphatic rings. The van der Waals surface area contributed by atoms with Crippen molar-refractivity contribution in [3.63, 3.8) is 0 Å². The number of carbonyl (C=O) groups is 1. The smallest absolute Gasteiger partial charge is 0.225 e. The Morgan fingerprint density at radius 2 is 1.10 bits per heavy atom. The normalized spacial score (nSPS) is 10.5. The van der Waals surface area contributed by atoms with Crippen LogP contribution in [0.2, 0.25) is 0 Å². The van der Waals surface area contributed by atoms with Crippen molar-refractivity contribution < 1.29 is 33.2 Å². The third-order valence-electron chi connectivity index (χ3n) is 3.55. The van der Waals surface area contributed by atoms with Crippen LogP contribution in [0.3, 0.4) is 0 Å². The second kappa shape index (κ2) is 24.0. The number of hydrogen-bond acceptors (Lipinski definition) is 8. The summed E-state index contributed by atoms with van der Waals surface area (Å²) in [4.78, 5) is 14.2. The molecule has 0 fully saturated rings. The van der Waals surface area contributed by atoms with Crippen molar-refractivity contribution in [2.24, 2.45) is 0 Å². The van der Waals surface area contributed by atoms with Crippen molar-refractivity contribution in [2.75, 3.05) is 98.1 Å². The van der Waals surface area contributed by atoms with E-state index in [9.17, 15) is 4.79 Å². The Morgan fingerprint density at radius 1 is 0.667 bits per heavy atom. The van der Waals surface area contributed by atoms with E-state index in [1.807, 2.05) is 0 Å². The Kier molecular flexibility index (Phi) is 22.9. The highest BCUT2D eigenvalue weighted by atomic mass is 32.1. The van der Waals surface area contributed by atoms with Gasteiger partial charge in [0.25, 0.3) is 0 Å². The van der Waals surface area contributed by atoms with E-state index in [2.05, 4.69) is 24.5 Å². The molecule has 0 rings (SSSR count). The van der Waals surface area contributed by atoms with Crippen molar-refractivity contribution in [1.82, 2.24) is 4.90 Å². The molecule has 0 radical (unpaired) electrons. The molecule has 1 amide bonds. The maximum absolute atomic E-state index is 12.5. The number of carbonyl (C=O) groups excluding carboxylic acids is 1. The van der Waals surface area contributed by atoms with Crippen LogP contribution in [-0.2, 0) is 33.2 Å². The molecule has 0 aromatic heterocycles. The van der Waals surface area contributed by atoms with Crippen molar-refractivity contribution in [3.05, 3.63) is 0 Å². The zero-order chi connectivity index (χ0) is 22.1. The largest absolute Gasteiger partial charge is 0.379 e. The van der Waals surface area contributed by atoms with E-state index in [0.29, 0.717) is 84.9 Å². The topological polar surface area (TPSA) is 75.7 Å². The third kappa shape index (κ3) is 20.0. The molecule has 0 saturated carbocycles. The Balaban J connectivity index is 4.07. The molecular formula is C21H35NO7S. The molecule has 0 aromatic rings. The minimum absolute atomic E-state index is 0.0226. The number of rotatable bonds is 22. The second-order valence-electron chi connectivity index (χ2n) is 5.82. The number of hydrogen-bond donors (Lipinski definition) is 1. The van der Waals surface area contributed by atoms with Crippen molar-refractivity contribution in [2.45, 2.75) is 6.42 Å². The molecule has 0 aliphatic heterocycles. The summed E-state index contributed by atoms with van der Waals surface area (Å²) in [5.74, 6) is 5.42. The highest BCUT2D eigenvalue weighted by Gasteiger charge is 2.13. The molecule has 9 heteroatoms. The first kappa shape index (κ1) is 28.7. The highest BCUT2D eigenvalue weighted by molar-refractivity contribution is 7.80. The van der Waals surface area contributed by atoms with Crippen LogP contribution in [0.15, 0.2) is 0 Å². The van der Waals surface area contributed by atoms with Crippen molar-refractivity contribution in [1.29, 1.82) is 0 Å². The first-order chi connectivity index (χ1) is 14.8.